The lowest BCUT2D eigenvalue weighted by molar-refractivity contribution is 0.0955. The third-order valence-electron chi connectivity index (χ3n) is 3.69. The van der Waals surface area contributed by atoms with Gasteiger partial charge in [0.2, 0.25) is 0 Å². The molecule has 168 valence electrons. The second-order valence-electron chi connectivity index (χ2n) is 5.77. The van der Waals surface area contributed by atoms with Crippen LogP contribution >= 0.6 is 31.5 Å². The van der Waals surface area contributed by atoms with Gasteiger partial charge in [-0.3, -0.25) is 20.2 Å². The van der Waals surface area contributed by atoms with Crippen molar-refractivity contribution >= 4 is 66.8 Å². The molecule has 0 aliphatic carbocycles. The molecular formula is C18H16Cl2N4O7P+. The average Bonchev–Trinajstić information content (AvgIpc) is 2.72. The van der Waals surface area contributed by atoms with E-state index in [9.17, 15) is 23.7 Å². The smallest absolute Gasteiger partial charge is 0.355 e. The summed E-state index contributed by atoms with van der Waals surface area (Å²) in [5.74, 6) is -1.05. The van der Waals surface area contributed by atoms with E-state index < -0.39 is 32.3 Å². The van der Waals surface area contributed by atoms with Crippen molar-refractivity contribution in [3.05, 3.63) is 57.6 Å². The molecule has 11 nitrogen and oxygen atoms in total. The van der Waals surface area contributed by atoms with Crippen LogP contribution in [0.3, 0.4) is 0 Å². The number of amides is 4. The van der Waals surface area contributed by atoms with Crippen LogP contribution in [0.4, 0.5) is 21.0 Å². The maximum Gasteiger partial charge on any atom is 0.815 e. The van der Waals surface area contributed by atoms with Crippen LogP contribution in [-0.2, 0) is 13.6 Å². The molecule has 0 aliphatic rings. The standard InChI is InChI=1S/C18H15Cl2N4O7P/c1-21-15(25)11-5-3-9(19)7-13(11)23-17(27)30-32(29)31-18(28)24-14-8-10(20)4-6-12(14)16(26)22-2/h3-8H,1-2H3,(H3-,21,22,23,24,25,26,27,28)/p+1. The molecule has 0 heterocycles. The first kappa shape index (κ1) is 24.9. The Labute approximate surface area is 192 Å². The van der Waals surface area contributed by atoms with Gasteiger partial charge in [-0.05, 0) is 36.4 Å². The van der Waals surface area contributed by atoms with Crippen molar-refractivity contribution in [2.75, 3.05) is 24.7 Å². The van der Waals surface area contributed by atoms with Crippen molar-refractivity contribution in [2.24, 2.45) is 0 Å². The SMILES string of the molecule is CNC(=O)c1ccc(Cl)cc1NC(=O)O[P+](=O)OC(=O)Nc1cc(Cl)ccc1C(=O)NC. The summed E-state index contributed by atoms with van der Waals surface area (Å²) in [4.78, 5) is 47.7. The summed E-state index contributed by atoms with van der Waals surface area (Å²) in [5, 5.41) is 9.55. The number of nitrogens with one attached hydrogen (secondary N) is 4. The van der Waals surface area contributed by atoms with Crippen molar-refractivity contribution < 1.29 is 32.8 Å². The fraction of sp³-hybridized carbons (Fsp3) is 0.111. The summed E-state index contributed by atoms with van der Waals surface area (Å²) in [5.41, 5.74) is 0.0727. The van der Waals surface area contributed by atoms with Gasteiger partial charge in [0, 0.05) is 28.7 Å². The number of benzene rings is 2. The third kappa shape index (κ3) is 6.81. The maximum absolute atomic E-state index is 12.0. The normalized spacial score (nSPS) is 9.88. The zero-order valence-corrected chi connectivity index (χ0v) is 18.9. The largest absolute Gasteiger partial charge is 0.815 e. The number of hydrogen-bond donors (Lipinski definition) is 4. The zero-order valence-electron chi connectivity index (χ0n) is 16.5. The molecule has 0 saturated heterocycles. The van der Waals surface area contributed by atoms with E-state index >= 15 is 0 Å². The van der Waals surface area contributed by atoms with E-state index in [1.165, 1.54) is 50.5 Å². The Morgan fingerprint density at radius 2 is 1.12 bits per heavy atom. The average molecular weight is 502 g/mol. The van der Waals surface area contributed by atoms with Crippen LogP contribution in [0.2, 0.25) is 10.0 Å². The Bertz CT molecular complexity index is 1010. The maximum atomic E-state index is 12.0. The molecular weight excluding hydrogens is 486 g/mol. The first-order valence-corrected chi connectivity index (χ1v) is 10.5. The van der Waals surface area contributed by atoms with Gasteiger partial charge in [0.15, 0.2) is 0 Å². The summed E-state index contributed by atoms with van der Waals surface area (Å²) in [6.07, 6.45) is -2.56. The van der Waals surface area contributed by atoms with Gasteiger partial charge >= 0.3 is 20.4 Å². The number of hydrogen-bond acceptors (Lipinski definition) is 7. The molecule has 0 unspecified atom stereocenters. The highest BCUT2D eigenvalue weighted by Gasteiger charge is 2.32. The minimum Gasteiger partial charge on any atom is -0.355 e. The van der Waals surface area contributed by atoms with Gasteiger partial charge in [-0.1, -0.05) is 23.2 Å². The molecule has 0 bridgehead atoms. The van der Waals surface area contributed by atoms with Crippen LogP contribution in [0.5, 0.6) is 0 Å². The van der Waals surface area contributed by atoms with Gasteiger partial charge in [0.05, 0.1) is 22.5 Å². The molecule has 32 heavy (non-hydrogen) atoms. The molecule has 0 aliphatic heterocycles. The summed E-state index contributed by atoms with van der Waals surface area (Å²) < 4.78 is 20.9. The van der Waals surface area contributed by atoms with Crippen LogP contribution in [0.25, 0.3) is 0 Å². The van der Waals surface area contributed by atoms with Crippen LogP contribution in [0.1, 0.15) is 20.7 Å². The lowest BCUT2D eigenvalue weighted by atomic mass is 10.1. The molecule has 0 atom stereocenters. The third-order valence-corrected chi connectivity index (χ3v) is 4.79. The van der Waals surface area contributed by atoms with Crippen molar-refractivity contribution in [1.82, 2.24) is 10.6 Å². The van der Waals surface area contributed by atoms with E-state index in [0.29, 0.717) is 0 Å². The molecule has 0 aromatic heterocycles. The van der Waals surface area contributed by atoms with E-state index in [0.717, 1.165) is 0 Å². The number of halogens is 2. The molecule has 0 saturated carbocycles. The van der Waals surface area contributed by atoms with Gasteiger partial charge < -0.3 is 10.6 Å². The lowest BCUT2D eigenvalue weighted by Crippen LogP contribution is -2.22. The van der Waals surface area contributed by atoms with E-state index in [1.807, 2.05) is 0 Å². The van der Waals surface area contributed by atoms with Crippen LogP contribution in [0, 0.1) is 0 Å². The molecule has 0 radical (unpaired) electrons. The van der Waals surface area contributed by atoms with E-state index in [4.69, 9.17) is 23.2 Å². The van der Waals surface area contributed by atoms with Crippen LogP contribution < -0.4 is 21.3 Å². The predicted octanol–water partition coefficient (Wildman–Crippen LogP) is 4.17. The van der Waals surface area contributed by atoms with E-state index in [-0.39, 0.29) is 32.5 Å². The van der Waals surface area contributed by atoms with Gasteiger partial charge in [-0.2, -0.15) is 9.05 Å². The van der Waals surface area contributed by atoms with Gasteiger partial charge in [0.25, 0.3) is 11.8 Å². The monoisotopic (exact) mass is 501 g/mol. The molecule has 4 amide bonds. The van der Waals surface area contributed by atoms with Crippen molar-refractivity contribution in [2.45, 2.75) is 0 Å². The summed E-state index contributed by atoms with van der Waals surface area (Å²) in [6, 6.07) is 8.12. The van der Waals surface area contributed by atoms with Gasteiger partial charge in [-0.25, -0.2) is 9.59 Å². The number of anilines is 2. The molecule has 2 aromatic carbocycles. The lowest BCUT2D eigenvalue weighted by Gasteiger charge is -2.08. The Morgan fingerprint density at radius 3 is 1.47 bits per heavy atom. The Kier molecular flexibility index (Phi) is 8.77. The molecule has 14 heteroatoms. The molecule has 0 fully saturated rings. The first-order valence-electron chi connectivity index (χ1n) is 8.63. The van der Waals surface area contributed by atoms with Gasteiger partial charge in [0.1, 0.15) is 0 Å². The highest BCUT2D eigenvalue weighted by molar-refractivity contribution is 7.34. The highest BCUT2D eigenvalue weighted by Crippen LogP contribution is 2.28. The minimum absolute atomic E-state index is 0.0242. The number of carbonyl (C=O) groups excluding carboxylic acids is 4. The quantitative estimate of drug-likeness (QED) is 0.433. The fourth-order valence-corrected chi connectivity index (χ4v) is 3.07. The zero-order chi connectivity index (χ0) is 23.8. The summed E-state index contributed by atoms with van der Waals surface area (Å²) >= 11 is 11.7. The van der Waals surface area contributed by atoms with Crippen molar-refractivity contribution in [3.63, 3.8) is 0 Å². The number of carbonyl (C=O) groups is 4. The number of rotatable bonds is 6. The van der Waals surface area contributed by atoms with Crippen molar-refractivity contribution in [1.29, 1.82) is 0 Å². The highest BCUT2D eigenvalue weighted by atomic mass is 35.5. The van der Waals surface area contributed by atoms with Crippen LogP contribution in [0.15, 0.2) is 36.4 Å². The molecule has 0 spiro atoms. The Hall–Kier alpha value is -3.40. The van der Waals surface area contributed by atoms with Crippen LogP contribution in [-0.4, -0.2) is 38.1 Å². The predicted molar refractivity (Wildman–Crippen MR) is 117 cm³/mol. The second kappa shape index (κ2) is 11.3. The Balaban J connectivity index is 2.02. The van der Waals surface area contributed by atoms with E-state index in [2.05, 4.69) is 30.3 Å². The van der Waals surface area contributed by atoms with E-state index in [1.54, 1.807) is 0 Å². The summed E-state index contributed by atoms with van der Waals surface area (Å²) in [6.45, 7) is 0. The minimum atomic E-state index is -3.27. The summed E-state index contributed by atoms with van der Waals surface area (Å²) in [7, 11) is -0.492. The second-order valence-corrected chi connectivity index (χ2v) is 7.45. The molecule has 4 N–H and O–H groups in total. The molecule has 2 aromatic rings. The van der Waals surface area contributed by atoms with Crippen molar-refractivity contribution in [3.8, 4) is 0 Å². The first-order chi connectivity index (χ1) is 15.1. The molecule has 2 rings (SSSR count). The topological polar surface area (TPSA) is 152 Å². The van der Waals surface area contributed by atoms with Gasteiger partial charge in [-0.15, -0.1) is 0 Å². The Morgan fingerprint density at radius 1 is 0.750 bits per heavy atom. The fourth-order valence-electron chi connectivity index (χ4n) is 2.32.